The van der Waals surface area contributed by atoms with Gasteiger partial charge in [-0.3, -0.25) is 4.79 Å². The van der Waals surface area contributed by atoms with Crippen LogP contribution in [0.4, 0.5) is 0 Å². The number of carbonyl (C=O) groups is 2. The van der Waals surface area contributed by atoms with Gasteiger partial charge in [0.2, 0.25) is 10.0 Å². The maximum atomic E-state index is 11.9. The summed E-state index contributed by atoms with van der Waals surface area (Å²) in [6.45, 7) is 0.0370. The molecule has 3 N–H and O–H groups in total. The molecule has 0 amide bonds. The maximum Gasteiger partial charge on any atom is 0.328 e. The molecule has 0 aliphatic heterocycles. The van der Waals surface area contributed by atoms with Gasteiger partial charge in [-0.05, 0) is 30.2 Å². The summed E-state index contributed by atoms with van der Waals surface area (Å²) in [6, 6.07) is 5.65. The van der Waals surface area contributed by atoms with Gasteiger partial charge in [0.25, 0.3) is 0 Å². The van der Waals surface area contributed by atoms with Crippen LogP contribution in [0, 0.1) is 0 Å². The Hall–Kier alpha value is -2.19. The Morgan fingerprint density at radius 1 is 1.14 bits per heavy atom. The zero-order valence-corrected chi connectivity index (χ0v) is 11.8. The monoisotopic (exact) mass is 313 g/mol. The van der Waals surface area contributed by atoms with Crippen LogP contribution >= 0.6 is 0 Å². The molecule has 0 radical (unpaired) electrons. The van der Waals surface area contributed by atoms with Crippen molar-refractivity contribution in [3.05, 3.63) is 35.9 Å². The van der Waals surface area contributed by atoms with Gasteiger partial charge in [-0.1, -0.05) is 12.1 Å². The van der Waals surface area contributed by atoms with E-state index in [4.69, 9.17) is 10.2 Å². The van der Waals surface area contributed by atoms with Crippen LogP contribution in [0.1, 0.15) is 18.4 Å². The van der Waals surface area contributed by atoms with Gasteiger partial charge in [0.15, 0.2) is 0 Å². The fourth-order valence-corrected chi connectivity index (χ4v) is 2.53. The number of carboxylic acid groups (broad SMARTS) is 2. The zero-order valence-electron chi connectivity index (χ0n) is 11.0. The topological polar surface area (TPSA) is 121 Å². The van der Waals surface area contributed by atoms with E-state index in [1.54, 1.807) is 0 Å². The summed E-state index contributed by atoms with van der Waals surface area (Å²) < 4.78 is 26.1. The minimum absolute atomic E-state index is 0.0327. The third kappa shape index (κ3) is 6.19. The lowest BCUT2D eigenvalue weighted by molar-refractivity contribution is -0.137. The highest BCUT2D eigenvalue weighted by Crippen LogP contribution is 2.11. The van der Waals surface area contributed by atoms with Crippen molar-refractivity contribution in [2.45, 2.75) is 17.7 Å². The fraction of sp³-hybridized carbons (Fsp3) is 0.231. The molecule has 1 aromatic rings. The standard InChI is InChI=1S/C13H15NO6S/c15-12(16)2-1-9-14-21(19,20)11-6-3-10(4-7-11)5-8-13(17)18/h3-8,14H,1-2,9H2,(H,15,16)(H,17,18)/b8-5+. The summed E-state index contributed by atoms with van der Waals surface area (Å²) >= 11 is 0. The van der Waals surface area contributed by atoms with E-state index in [9.17, 15) is 18.0 Å². The SMILES string of the molecule is O=C(O)/C=C/c1ccc(S(=O)(=O)NCCCC(=O)O)cc1. The van der Waals surface area contributed by atoms with E-state index in [1.165, 1.54) is 30.3 Å². The number of carboxylic acids is 2. The molecule has 0 saturated heterocycles. The molecule has 0 heterocycles. The first-order valence-electron chi connectivity index (χ1n) is 6.04. The summed E-state index contributed by atoms with van der Waals surface area (Å²) in [6.07, 6.45) is 2.39. The highest BCUT2D eigenvalue weighted by molar-refractivity contribution is 7.89. The van der Waals surface area contributed by atoms with Crippen LogP contribution in [0.25, 0.3) is 6.08 Å². The lowest BCUT2D eigenvalue weighted by Gasteiger charge is -2.06. The number of hydrogen-bond donors (Lipinski definition) is 3. The lowest BCUT2D eigenvalue weighted by atomic mass is 10.2. The van der Waals surface area contributed by atoms with Crippen LogP contribution in [0.2, 0.25) is 0 Å². The predicted octanol–water partition coefficient (Wildman–Crippen LogP) is 0.928. The van der Waals surface area contributed by atoms with E-state index >= 15 is 0 Å². The molecule has 114 valence electrons. The molecule has 0 bridgehead atoms. The Morgan fingerprint density at radius 2 is 1.76 bits per heavy atom. The summed E-state index contributed by atoms with van der Waals surface area (Å²) in [7, 11) is -3.69. The van der Waals surface area contributed by atoms with Crippen LogP contribution in [0.3, 0.4) is 0 Å². The summed E-state index contributed by atoms with van der Waals surface area (Å²) in [5, 5.41) is 16.9. The molecular formula is C13H15NO6S. The van der Waals surface area contributed by atoms with Gasteiger partial charge in [-0.15, -0.1) is 0 Å². The van der Waals surface area contributed by atoms with E-state index in [-0.39, 0.29) is 24.3 Å². The average molecular weight is 313 g/mol. The smallest absolute Gasteiger partial charge is 0.328 e. The van der Waals surface area contributed by atoms with Crippen molar-refractivity contribution >= 4 is 28.0 Å². The zero-order chi connectivity index (χ0) is 15.9. The van der Waals surface area contributed by atoms with Crippen molar-refractivity contribution in [3.8, 4) is 0 Å². The van der Waals surface area contributed by atoms with Gasteiger partial charge < -0.3 is 10.2 Å². The van der Waals surface area contributed by atoms with Crippen LogP contribution in [-0.2, 0) is 19.6 Å². The fourth-order valence-electron chi connectivity index (χ4n) is 1.46. The third-order valence-electron chi connectivity index (χ3n) is 2.47. The molecule has 0 unspecified atom stereocenters. The molecule has 0 fully saturated rings. The van der Waals surface area contributed by atoms with Gasteiger partial charge in [-0.2, -0.15) is 0 Å². The van der Waals surface area contributed by atoms with Crippen LogP contribution in [-0.4, -0.2) is 37.1 Å². The Balaban J connectivity index is 2.67. The lowest BCUT2D eigenvalue weighted by Crippen LogP contribution is -2.25. The van der Waals surface area contributed by atoms with E-state index in [1.807, 2.05) is 0 Å². The molecule has 0 spiro atoms. The summed E-state index contributed by atoms with van der Waals surface area (Å²) in [4.78, 5) is 20.7. The molecule has 0 atom stereocenters. The number of hydrogen-bond acceptors (Lipinski definition) is 4. The molecule has 0 aliphatic rings. The first-order valence-corrected chi connectivity index (χ1v) is 7.52. The normalized spacial score (nSPS) is 11.6. The van der Waals surface area contributed by atoms with Gasteiger partial charge in [0, 0.05) is 19.0 Å². The first kappa shape index (κ1) is 16.9. The Labute approximate surface area is 122 Å². The number of sulfonamides is 1. The molecule has 0 aromatic heterocycles. The van der Waals surface area contributed by atoms with Gasteiger partial charge >= 0.3 is 11.9 Å². The highest BCUT2D eigenvalue weighted by Gasteiger charge is 2.12. The van der Waals surface area contributed by atoms with E-state index in [0.717, 1.165) is 6.08 Å². The maximum absolute atomic E-state index is 11.9. The summed E-state index contributed by atoms with van der Waals surface area (Å²) in [5.74, 6) is -2.07. The van der Waals surface area contributed by atoms with Gasteiger partial charge in [0.1, 0.15) is 0 Å². The van der Waals surface area contributed by atoms with Crippen molar-refractivity contribution in [3.63, 3.8) is 0 Å². The van der Waals surface area contributed by atoms with Crippen LogP contribution < -0.4 is 4.72 Å². The second kappa shape index (κ2) is 7.55. The van der Waals surface area contributed by atoms with Crippen molar-refractivity contribution < 1.29 is 28.2 Å². The van der Waals surface area contributed by atoms with E-state index in [0.29, 0.717) is 5.56 Å². The Bertz CT molecular complexity index is 633. The number of nitrogens with one attached hydrogen (secondary N) is 1. The van der Waals surface area contributed by atoms with Crippen molar-refractivity contribution in [2.24, 2.45) is 0 Å². The average Bonchev–Trinajstić information content (AvgIpc) is 2.41. The number of benzene rings is 1. The van der Waals surface area contributed by atoms with Gasteiger partial charge in [0.05, 0.1) is 4.90 Å². The second-order valence-corrected chi connectivity index (χ2v) is 5.90. The van der Waals surface area contributed by atoms with E-state index < -0.39 is 22.0 Å². The molecule has 21 heavy (non-hydrogen) atoms. The molecule has 0 saturated carbocycles. The highest BCUT2D eigenvalue weighted by atomic mass is 32.2. The molecule has 1 rings (SSSR count). The quantitative estimate of drug-likeness (QED) is 0.485. The Kier molecular flexibility index (Phi) is 6.07. The largest absolute Gasteiger partial charge is 0.481 e. The third-order valence-corrected chi connectivity index (χ3v) is 3.95. The van der Waals surface area contributed by atoms with Gasteiger partial charge in [-0.25, -0.2) is 17.9 Å². The van der Waals surface area contributed by atoms with Crippen molar-refractivity contribution in [1.82, 2.24) is 4.72 Å². The van der Waals surface area contributed by atoms with E-state index in [2.05, 4.69) is 4.72 Å². The first-order chi connectivity index (χ1) is 9.81. The minimum Gasteiger partial charge on any atom is -0.481 e. The van der Waals surface area contributed by atoms with Crippen molar-refractivity contribution in [1.29, 1.82) is 0 Å². The number of rotatable bonds is 8. The predicted molar refractivity (Wildman–Crippen MR) is 75.2 cm³/mol. The second-order valence-electron chi connectivity index (χ2n) is 4.14. The summed E-state index contributed by atoms with van der Waals surface area (Å²) in [5.41, 5.74) is 0.558. The molecule has 7 nitrogen and oxygen atoms in total. The molecule has 1 aromatic carbocycles. The van der Waals surface area contributed by atoms with Crippen molar-refractivity contribution in [2.75, 3.05) is 6.54 Å². The number of aliphatic carboxylic acids is 2. The molecule has 0 aliphatic carbocycles. The molecular weight excluding hydrogens is 298 g/mol. The molecule has 8 heteroatoms. The van der Waals surface area contributed by atoms with Crippen LogP contribution in [0.5, 0.6) is 0 Å². The van der Waals surface area contributed by atoms with Crippen LogP contribution in [0.15, 0.2) is 35.2 Å². The minimum atomic E-state index is -3.69. The Morgan fingerprint density at radius 3 is 2.29 bits per heavy atom.